The molecule has 1 aromatic rings. The van der Waals surface area contributed by atoms with Crippen molar-refractivity contribution in [2.24, 2.45) is 11.6 Å². The lowest BCUT2D eigenvalue weighted by molar-refractivity contribution is 0.231. The van der Waals surface area contributed by atoms with E-state index < -0.39 is 0 Å². The Balaban J connectivity index is 2.68. The third kappa shape index (κ3) is 1.51. The Labute approximate surface area is 93.7 Å². The first-order valence-electron chi connectivity index (χ1n) is 4.94. The molecule has 0 saturated carbocycles. The van der Waals surface area contributed by atoms with E-state index in [2.05, 4.69) is 5.32 Å². The lowest BCUT2D eigenvalue weighted by Gasteiger charge is -2.29. The molecule has 0 aliphatic carbocycles. The van der Waals surface area contributed by atoms with Crippen LogP contribution in [0.15, 0.2) is 23.9 Å². The van der Waals surface area contributed by atoms with Crippen LogP contribution in [-0.4, -0.2) is 11.0 Å². The predicted octanol–water partition coefficient (Wildman–Crippen LogP) is 1.36. The van der Waals surface area contributed by atoms with Crippen LogP contribution in [0.25, 0.3) is 5.70 Å². The number of hydrazine groups is 1. The molecule has 0 fully saturated rings. The van der Waals surface area contributed by atoms with E-state index in [1.807, 2.05) is 25.1 Å². The number of carbonyl (C=O) groups excluding carboxylic acids is 1. The first kappa shape index (κ1) is 10.5. The van der Waals surface area contributed by atoms with Gasteiger partial charge in [0.05, 0.1) is 11.4 Å². The molecule has 1 heterocycles. The topological polar surface area (TPSA) is 84.4 Å². The highest BCUT2D eigenvalue weighted by atomic mass is 16.2. The van der Waals surface area contributed by atoms with Gasteiger partial charge in [-0.1, -0.05) is 11.6 Å². The number of nitrogens with one attached hydrogen (secondary N) is 1. The quantitative estimate of drug-likeness (QED) is 0.454. The average molecular weight is 218 g/mol. The van der Waals surface area contributed by atoms with E-state index in [0.29, 0.717) is 11.4 Å². The molecule has 16 heavy (non-hydrogen) atoms. The third-order valence-corrected chi connectivity index (χ3v) is 2.51. The van der Waals surface area contributed by atoms with Crippen LogP contribution >= 0.6 is 0 Å². The highest BCUT2D eigenvalue weighted by molar-refractivity contribution is 6.02. The predicted molar refractivity (Wildman–Crippen MR) is 63.0 cm³/mol. The number of nitrogens with zero attached hydrogens (tertiary/aromatic N) is 1. The number of nitrogens with two attached hydrogens (primary N) is 2. The molecule has 5 heteroatoms. The molecule has 5 nitrogen and oxygen atoms in total. The Morgan fingerprint density at radius 3 is 2.75 bits per heavy atom. The molecule has 5 N–H and O–H groups in total. The standard InChI is InChI=1S/C11H14N4O/c1-6-3-4-9-8(5-6)10(7(2)12)15(13)11(16)14-9/h3-5H,12-13H2,1-2H3,(H,14,16)/b10-7-. The normalized spacial score (nSPS) is 17.9. The van der Waals surface area contributed by atoms with Crippen molar-refractivity contribution in [2.75, 3.05) is 5.32 Å². The van der Waals surface area contributed by atoms with E-state index in [9.17, 15) is 4.79 Å². The van der Waals surface area contributed by atoms with Crippen molar-refractivity contribution in [1.29, 1.82) is 0 Å². The van der Waals surface area contributed by atoms with Crippen LogP contribution in [0.1, 0.15) is 18.1 Å². The minimum Gasteiger partial charge on any atom is -0.401 e. The number of aryl methyl sites for hydroxylation is 1. The van der Waals surface area contributed by atoms with Gasteiger partial charge in [0.2, 0.25) is 0 Å². The number of hydrogen-bond donors (Lipinski definition) is 3. The van der Waals surface area contributed by atoms with Crippen molar-refractivity contribution in [2.45, 2.75) is 13.8 Å². The van der Waals surface area contributed by atoms with Gasteiger partial charge in [0.15, 0.2) is 0 Å². The van der Waals surface area contributed by atoms with Gasteiger partial charge in [-0.25, -0.2) is 15.6 Å². The van der Waals surface area contributed by atoms with Gasteiger partial charge in [0.25, 0.3) is 0 Å². The number of rotatable bonds is 0. The first-order valence-corrected chi connectivity index (χ1v) is 4.94. The summed E-state index contributed by atoms with van der Waals surface area (Å²) in [6.45, 7) is 3.70. The number of benzene rings is 1. The molecule has 1 aromatic carbocycles. The lowest BCUT2D eigenvalue weighted by atomic mass is 10.0. The van der Waals surface area contributed by atoms with Crippen molar-refractivity contribution in [3.05, 3.63) is 35.0 Å². The number of fused-ring (bicyclic) bond motifs is 1. The van der Waals surface area contributed by atoms with Crippen LogP contribution in [0.3, 0.4) is 0 Å². The lowest BCUT2D eigenvalue weighted by Crippen LogP contribution is -2.43. The summed E-state index contributed by atoms with van der Waals surface area (Å²) in [5, 5.41) is 3.73. The number of carbonyl (C=O) groups is 1. The second-order valence-corrected chi connectivity index (χ2v) is 3.88. The second kappa shape index (κ2) is 3.53. The molecule has 84 valence electrons. The molecular weight excluding hydrogens is 204 g/mol. The van der Waals surface area contributed by atoms with Crippen molar-refractivity contribution in [3.8, 4) is 0 Å². The minimum absolute atomic E-state index is 0.379. The molecule has 2 rings (SSSR count). The summed E-state index contributed by atoms with van der Waals surface area (Å²) in [6.07, 6.45) is 0. The molecule has 0 atom stereocenters. The fourth-order valence-electron chi connectivity index (χ4n) is 1.77. The number of urea groups is 1. The Kier molecular flexibility index (Phi) is 2.32. The zero-order valence-corrected chi connectivity index (χ0v) is 9.24. The number of allylic oxidation sites excluding steroid dienone is 1. The second-order valence-electron chi connectivity index (χ2n) is 3.88. The largest absolute Gasteiger partial charge is 0.401 e. The maximum atomic E-state index is 11.6. The highest BCUT2D eigenvalue weighted by Crippen LogP contribution is 2.31. The Morgan fingerprint density at radius 1 is 1.44 bits per heavy atom. The van der Waals surface area contributed by atoms with E-state index in [4.69, 9.17) is 11.6 Å². The summed E-state index contributed by atoms with van der Waals surface area (Å²) in [5.74, 6) is 5.67. The average Bonchev–Trinajstić information content (AvgIpc) is 2.20. The van der Waals surface area contributed by atoms with Gasteiger partial charge >= 0.3 is 6.03 Å². The minimum atomic E-state index is -0.379. The molecule has 0 aromatic heterocycles. The monoisotopic (exact) mass is 218 g/mol. The van der Waals surface area contributed by atoms with E-state index in [-0.39, 0.29) is 6.03 Å². The van der Waals surface area contributed by atoms with Crippen LogP contribution in [0.5, 0.6) is 0 Å². The summed E-state index contributed by atoms with van der Waals surface area (Å²) in [7, 11) is 0. The van der Waals surface area contributed by atoms with Crippen LogP contribution in [0.2, 0.25) is 0 Å². The molecule has 0 bridgehead atoms. The Morgan fingerprint density at radius 2 is 2.12 bits per heavy atom. The molecule has 2 amide bonds. The van der Waals surface area contributed by atoms with Gasteiger partial charge in [-0.2, -0.15) is 0 Å². The molecule has 0 radical (unpaired) electrons. The molecule has 1 aliphatic rings. The smallest absolute Gasteiger partial charge is 0.340 e. The van der Waals surface area contributed by atoms with Crippen molar-refractivity contribution < 1.29 is 4.79 Å². The zero-order chi connectivity index (χ0) is 11.9. The maximum Gasteiger partial charge on any atom is 0.340 e. The fraction of sp³-hybridized carbons (Fsp3) is 0.182. The van der Waals surface area contributed by atoms with Crippen molar-refractivity contribution >= 4 is 17.4 Å². The zero-order valence-electron chi connectivity index (χ0n) is 9.24. The molecule has 1 aliphatic heterocycles. The van der Waals surface area contributed by atoms with Crippen molar-refractivity contribution in [3.63, 3.8) is 0 Å². The Bertz CT molecular complexity index is 489. The summed E-state index contributed by atoms with van der Waals surface area (Å²) in [4.78, 5) is 11.6. The Hall–Kier alpha value is -2.01. The van der Waals surface area contributed by atoms with E-state index >= 15 is 0 Å². The number of anilines is 1. The van der Waals surface area contributed by atoms with Crippen molar-refractivity contribution in [1.82, 2.24) is 5.01 Å². The van der Waals surface area contributed by atoms with Gasteiger partial charge in [0.1, 0.15) is 0 Å². The fourth-order valence-corrected chi connectivity index (χ4v) is 1.77. The van der Waals surface area contributed by atoms with E-state index in [1.165, 1.54) is 0 Å². The molecular formula is C11H14N4O. The van der Waals surface area contributed by atoms with Gasteiger partial charge < -0.3 is 11.1 Å². The van der Waals surface area contributed by atoms with Gasteiger partial charge in [0, 0.05) is 11.3 Å². The van der Waals surface area contributed by atoms with Crippen LogP contribution in [-0.2, 0) is 0 Å². The van der Waals surface area contributed by atoms with Gasteiger partial charge in [-0.15, -0.1) is 0 Å². The van der Waals surface area contributed by atoms with E-state index in [1.54, 1.807) is 6.92 Å². The van der Waals surface area contributed by atoms with Crippen LogP contribution in [0.4, 0.5) is 10.5 Å². The van der Waals surface area contributed by atoms with Crippen LogP contribution < -0.4 is 16.9 Å². The SMILES string of the molecule is C/C(N)=C1\c2cc(C)ccc2NC(=O)N1N. The summed E-state index contributed by atoms with van der Waals surface area (Å²) >= 11 is 0. The summed E-state index contributed by atoms with van der Waals surface area (Å²) in [6, 6.07) is 5.34. The third-order valence-electron chi connectivity index (χ3n) is 2.51. The van der Waals surface area contributed by atoms with Gasteiger partial charge in [-0.05, 0) is 26.0 Å². The number of hydrogen-bond acceptors (Lipinski definition) is 3. The highest BCUT2D eigenvalue weighted by Gasteiger charge is 2.26. The maximum absolute atomic E-state index is 11.6. The molecule has 0 spiro atoms. The number of amides is 2. The van der Waals surface area contributed by atoms with E-state index in [0.717, 1.165) is 21.8 Å². The first-order chi connectivity index (χ1) is 7.50. The van der Waals surface area contributed by atoms with Crippen LogP contribution in [0, 0.1) is 6.92 Å². The summed E-state index contributed by atoms with van der Waals surface area (Å²) in [5.41, 5.74) is 9.51. The molecule has 0 saturated heterocycles. The molecule has 0 unspecified atom stereocenters. The van der Waals surface area contributed by atoms with Gasteiger partial charge in [-0.3, -0.25) is 0 Å². The summed E-state index contributed by atoms with van der Waals surface area (Å²) < 4.78 is 0.